The van der Waals surface area contributed by atoms with Crippen molar-refractivity contribution in [2.75, 3.05) is 25.0 Å². The SMILES string of the molecule is CCNc1nnc(CN(CCCO)C(C)C)s1. The molecule has 0 aliphatic rings. The zero-order valence-corrected chi connectivity index (χ0v) is 11.6. The molecule has 2 N–H and O–H groups in total. The molecule has 1 aromatic heterocycles. The van der Waals surface area contributed by atoms with Crippen molar-refractivity contribution in [3.05, 3.63) is 5.01 Å². The summed E-state index contributed by atoms with van der Waals surface area (Å²) in [5.74, 6) is 0. The minimum absolute atomic E-state index is 0.238. The predicted octanol–water partition coefficient (Wildman–Crippen LogP) is 1.56. The lowest BCUT2D eigenvalue weighted by molar-refractivity contribution is 0.184. The molecule has 5 nitrogen and oxygen atoms in total. The molecule has 17 heavy (non-hydrogen) atoms. The van der Waals surface area contributed by atoms with Crippen LogP contribution in [0, 0.1) is 0 Å². The Balaban J connectivity index is 2.52. The molecule has 0 radical (unpaired) electrons. The van der Waals surface area contributed by atoms with Gasteiger partial charge in [0.25, 0.3) is 0 Å². The molecule has 0 saturated carbocycles. The van der Waals surface area contributed by atoms with Gasteiger partial charge in [-0.2, -0.15) is 0 Å². The Bertz CT molecular complexity index is 316. The van der Waals surface area contributed by atoms with Crippen LogP contribution >= 0.6 is 11.3 Å². The summed E-state index contributed by atoms with van der Waals surface area (Å²) in [5.41, 5.74) is 0. The van der Waals surface area contributed by atoms with Gasteiger partial charge in [-0.05, 0) is 27.2 Å². The highest BCUT2D eigenvalue weighted by Gasteiger charge is 2.12. The molecular weight excluding hydrogens is 236 g/mol. The number of aliphatic hydroxyl groups excluding tert-OH is 1. The van der Waals surface area contributed by atoms with E-state index in [-0.39, 0.29) is 6.61 Å². The summed E-state index contributed by atoms with van der Waals surface area (Å²) in [5, 5.41) is 22.2. The number of hydrogen-bond acceptors (Lipinski definition) is 6. The Labute approximate surface area is 107 Å². The van der Waals surface area contributed by atoms with Crippen molar-refractivity contribution in [1.29, 1.82) is 0 Å². The van der Waals surface area contributed by atoms with Crippen LogP contribution in [0.1, 0.15) is 32.2 Å². The van der Waals surface area contributed by atoms with Gasteiger partial charge in [0.05, 0.1) is 6.54 Å². The molecule has 0 unspecified atom stereocenters. The Morgan fingerprint density at radius 2 is 2.18 bits per heavy atom. The molecule has 1 heterocycles. The van der Waals surface area contributed by atoms with Crippen molar-refractivity contribution >= 4 is 16.5 Å². The standard InChI is InChI=1S/C11H22N4OS/c1-4-12-11-14-13-10(17-11)8-15(9(2)3)6-5-7-16/h9,16H,4-8H2,1-3H3,(H,12,14). The fraction of sp³-hybridized carbons (Fsp3) is 0.818. The lowest BCUT2D eigenvalue weighted by Crippen LogP contribution is -2.31. The van der Waals surface area contributed by atoms with E-state index in [1.165, 1.54) is 0 Å². The van der Waals surface area contributed by atoms with E-state index in [4.69, 9.17) is 5.11 Å². The Morgan fingerprint density at radius 1 is 1.41 bits per heavy atom. The van der Waals surface area contributed by atoms with Gasteiger partial charge < -0.3 is 10.4 Å². The van der Waals surface area contributed by atoms with E-state index in [1.807, 2.05) is 6.92 Å². The largest absolute Gasteiger partial charge is 0.396 e. The number of anilines is 1. The maximum atomic E-state index is 8.88. The highest BCUT2D eigenvalue weighted by molar-refractivity contribution is 7.15. The number of rotatable bonds is 8. The summed E-state index contributed by atoms with van der Waals surface area (Å²) in [6, 6.07) is 0.452. The topological polar surface area (TPSA) is 61.3 Å². The van der Waals surface area contributed by atoms with Crippen LogP contribution in [0.25, 0.3) is 0 Å². The van der Waals surface area contributed by atoms with Gasteiger partial charge in [0, 0.05) is 25.7 Å². The summed E-state index contributed by atoms with van der Waals surface area (Å²) in [7, 11) is 0. The maximum absolute atomic E-state index is 8.88. The van der Waals surface area contributed by atoms with Crippen LogP contribution in [0.3, 0.4) is 0 Å². The van der Waals surface area contributed by atoms with Gasteiger partial charge >= 0.3 is 0 Å². The molecule has 0 aromatic carbocycles. The van der Waals surface area contributed by atoms with Crippen molar-refractivity contribution in [2.45, 2.75) is 39.8 Å². The van der Waals surface area contributed by atoms with E-state index in [9.17, 15) is 0 Å². The van der Waals surface area contributed by atoms with E-state index < -0.39 is 0 Å². The normalized spacial score (nSPS) is 11.4. The van der Waals surface area contributed by atoms with Crippen molar-refractivity contribution < 1.29 is 5.11 Å². The van der Waals surface area contributed by atoms with Crippen LogP contribution in [-0.2, 0) is 6.54 Å². The van der Waals surface area contributed by atoms with Gasteiger partial charge in [-0.3, -0.25) is 4.90 Å². The fourth-order valence-electron chi connectivity index (χ4n) is 1.51. The molecule has 0 spiro atoms. The van der Waals surface area contributed by atoms with Crippen LogP contribution in [0.4, 0.5) is 5.13 Å². The second-order valence-corrected chi connectivity index (χ2v) is 5.23. The maximum Gasteiger partial charge on any atom is 0.205 e. The predicted molar refractivity (Wildman–Crippen MR) is 71.3 cm³/mol. The molecular formula is C11H22N4OS. The van der Waals surface area contributed by atoms with E-state index in [2.05, 4.69) is 34.3 Å². The first-order chi connectivity index (χ1) is 8.17. The highest BCUT2D eigenvalue weighted by Crippen LogP contribution is 2.17. The zero-order chi connectivity index (χ0) is 12.7. The van der Waals surface area contributed by atoms with Gasteiger partial charge in [0.1, 0.15) is 5.01 Å². The lowest BCUT2D eigenvalue weighted by Gasteiger charge is -2.24. The van der Waals surface area contributed by atoms with Crippen LogP contribution in [0.15, 0.2) is 0 Å². The van der Waals surface area contributed by atoms with Crippen molar-refractivity contribution in [1.82, 2.24) is 15.1 Å². The minimum atomic E-state index is 0.238. The molecule has 0 aliphatic heterocycles. The van der Waals surface area contributed by atoms with Crippen molar-refractivity contribution in [2.24, 2.45) is 0 Å². The van der Waals surface area contributed by atoms with E-state index in [0.29, 0.717) is 6.04 Å². The lowest BCUT2D eigenvalue weighted by atomic mass is 10.3. The molecule has 0 aliphatic carbocycles. The summed E-state index contributed by atoms with van der Waals surface area (Å²) >= 11 is 1.60. The van der Waals surface area contributed by atoms with Gasteiger partial charge in [0.2, 0.25) is 5.13 Å². The third kappa shape index (κ3) is 4.97. The molecule has 0 amide bonds. The third-order valence-electron chi connectivity index (χ3n) is 2.47. The number of nitrogens with one attached hydrogen (secondary N) is 1. The number of aliphatic hydroxyl groups is 1. The Hall–Kier alpha value is -0.720. The summed E-state index contributed by atoms with van der Waals surface area (Å²) in [6.07, 6.45) is 0.803. The first kappa shape index (κ1) is 14.3. The molecule has 0 atom stereocenters. The molecule has 1 rings (SSSR count). The Morgan fingerprint density at radius 3 is 2.76 bits per heavy atom. The van der Waals surface area contributed by atoms with Crippen LogP contribution < -0.4 is 5.32 Å². The summed E-state index contributed by atoms with van der Waals surface area (Å²) < 4.78 is 0. The van der Waals surface area contributed by atoms with Crippen LogP contribution in [0.5, 0.6) is 0 Å². The van der Waals surface area contributed by atoms with Crippen molar-refractivity contribution in [3.8, 4) is 0 Å². The molecule has 0 bridgehead atoms. The average Bonchev–Trinajstić information content (AvgIpc) is 2.72. The monoisotopic (exact) mass is 258 g/mol. The van der Waals surface area contributed by atoms with E-state index in [1.54, 1.807) is 11.3 Å². The van der Waals surface area contributed by atoms with Crippen LogP contribution in [-0.4, -0.2) is 45.9 Å². The number of nitrogens with zero attached hydrogens (tertiary/aromatic N) is 3. The van der Waals surface area contributed by atoms with E-state index >= 15 is 0 Å². The van der Waals surface area contributed by atoms with E-state index in [0.717, 1.165) is 36.2 Å². The van der Waals surface area contributed by atoms with Crippen molar-refractivity contribution in [3.63, 3.8) is 0 Å². The summed E-state index contributed by atoms with van der Waals surface area (Å²) in [6.45, 7) is 9.16. The molecule has 98 valence electrons. The van der Waals surface area contributed by atoms with Gasteiger partial charge in [-0.25, -0.2) is 0 Å². The number of hydrogen-bond donors (Lipinski definition) is 2. The first-order valence-electron chi connectivity index (χ1n) is 6.08. The second-order valence-electron chi connectivity index (χ2n) is 4.17. The zero-order valence-electron chi connectivity index (χ0n) is 10.8. The summed E-state index contributed by atoms with van der Waals surface area (Å²) in [4.78, 5) is 2.30. The third-order valence-corrected chi connectivity index (χ3v) is 3.33. The van der Waals surface area contributed by atoms with Gasteiger partial charge in [0.15, 0.2) is 0 Å². The molecule has 6 heteroatoms. The van der Waals surface area contributed by atoms with Gasteiger partial charge in [-0.15, -0.1) is 10.2 Å². The second kappa shape index (κ2) is 7.58. The first-order valence-corrected chi connectivity index (χ1v) is 6.90. The van der Waals surface area contributed by atoms with Gasteiger partial charge in [-0.1, -0.05) is 11.3 Å². The highest BCUT2D eigenvalue weighted by atomic mass is 32.1. The van der Waals surface area contributed by atoms with Crippen LogP contribution in [0.2, 0.25) is 0 Å². The number of aromatic nitrogens is 2. The fourth-order valence-corrected chi connectivity index (χ4v) is 2.34. The quantitative estimate of drug-likeness (QED) is 0.741. The Kier molecular flexibility index (Phi) is 6.39. The smallest absolute Gasteiger partial charge is 0.205 e. The molecule has 1 aromatic rings. The molecule has 0 saturated heterocycles. The molecule has 0 fully saturated rings. The average molecular weight is 258 g/mol. The minimum Gasteiger partial charge on any atom is -0.396 e.